The molecule has 0 saturated heterocycles. The van der Waals surface area contributed by atoms with Gasteiger partial charge in [0.2, 0.25) is 0 Å². The van der Waals surface area contributed by atoms with Gasteiger partial charge in [-0.2, -0.15) is 0 Å². The fourth-order valence-electron chi connectivity index (χ4n) is 0.476. The lowest BCUT2D eigenvalue weighted by atomic mass is 10.5. The monoisotopic (exact) mass is 318 g/mol. The summed E-state index contributed by atoms with van der Waals surface area (Å²) in [6, 6.07) is 0. The van der Waals surface area contributed by atoms with Crippen LogP contribution in [0.1, 0.15) is 0 Å². The highest BCUT2D eigenvalue weighted by Gasteiger charge is 2.23. The highest BCUT2D eigenvalue weighted by Crippen LogP contribution is 2.43. The maximum Gasteiger partial charge on any atom is 0.472 e. The Morgan fingerprint density at radius 2 is 1.40 bits per heavy atom. The SMILES string of the molecule is O=P(O)(OCC(Cl)CCl)OCC(Cl)CCl. The summed E-state index contributed by atoms with van der Waals surface area (Å²) >= 11 is 21.9. The first-order chi connectivity index (χ1) is 6.91. The van der Waals surface area contributed by atoms with E-state index in [1.54, 1.807) is 0 Å². The Kier molecular flexibility index (Phi) is 9.08. The van der Waals surface area contributed by atoms with Crippen LogP contribution in [0.15, 0.2) is 0 Å². The van der Waals surface area contributed by atoms with E-state index in [1.807, 2.05) is 0 Å². The molecule has 0 fully saturated rings. The van der Waals surface area contributed by atoms with Crippen molar-refractivity contribution in [2.24, 2.45) is 0 Å². The van der Waals surface area contributed by atoms with E-state index in [4.69, 9.17) is 51.3 Å². The lowest BCUT2D eigenvalue weighted by Crippen LogP contribution is -2.13. The number of hydrogen-bond donors (Lipinski definition) is 1. The maximum absolute atomic E-state index is 11.2. The number of phosphoric acid groups is 1. The molecule has 92 valence electrons. The van der Waals surface area contributed by atoms with Gasteiger partial charge in [-0.15, -0.1) is 46.4 Å². The van der Waals surface area contributed by atoms with Gasteiger partial charge >= 0.3 is 7.82 Å². The first-order valence-corrected chi connectivity index (χ1v) is 7.37. The van der Waals surface area contributed by atoms with Crippen molar-refractivity contribution in [3.63, 3.8) is 0 Å². The van der Waals surface area contributed by atoms with Crippen LogP contribution < -0.4 is 0 Å². The maximum atomic E-state index is 11.2. The van der Waals surface area contributed by atoms with Gasteiger partial charge in [0.1, 0.15) is 0 Å². The Morgan fingerprint density at radius 3 is 1.67 bits per heavy atom. The Balaban J connectivity index is 3.81. The molecule has 0 aliphatic heterocycles. The number of halogens is 4. The number of phosphoric ester groups is 1. The Hall–Kier alpha value is 1.27. The van der Waals surface area contributed by atoms with Crippen molar-refractivity contribution in [3.8, 4) is 0 Å². The van der Waals surface area contributed by atoms with Gasteiger partial charge in [0.25, 0.3) is 0 Å². The van der Waals surface area contributed by atoms with E-state index >= 15 is 0 Å². The molecule has 0 rings (SSSR count). The van der Waals surface area contributed by atoms with Crippen molar-refractivity contribution >= 4 is 54.2 Å². The van der Waals surface area contributed by atoms with E-state index in [0.717, 1.165) is 0 Å². The molecule has 4 nitrogen and oxygen atoms in total. The van der Waals surface area contributed by atoms with Crippen molar-refractivity contribution in [3.05, 3.63) is 0 Å². The predicted molar refractivity (Wildman–Crippen MR) is 62.5 cm³/mol. The van der Waals surface area contributed by atoms with Gasteiger partial charge in [0.15, 0.2) is 0 Å². The molecule has 2 unspecified atom stereocenters. The lowest BCUT2D eigenvalue weighted by Gasteiger charge is -2.14. The summed E-state index contributed by atoms with van der Waals surface area (Å²) in [5.41, 5.74) is 0. The molecule has 2 atom stereocenters. The molecule has 1 N–H and O–H groups in total. The standard InChI is InChI=1S/C6H11Cl4O4P/c7-1-5(9)3-13-15(11,12)14-4-6(10)2-8/h5-6H,1-4H2,(H,11,12). The van der Waals surface area contributed by atoms with Crippen LogP contribution in [0, 0.1) is 0 Å². The Labute approximate surface area is 108 Å². The summed E-state index contributed by atoms with van der Waals surface area (Å²) in [6.07, 6.45) is 0. The van der Waals surface area contributed by atoms with Gasteiger partial charge in [0, 0.05) is 11.8 Å². The van der Waals surface area contributed by atoms with Crippen LogP contribution in [-0.2, 0) is 13.6 Å². The minimum Gasteiger partial charge on any atom is -0.302 e. The topological polar surface area (TPSA) is 55.8 Å². The van der Waals surface area contributed by atoms with Crippen molar-refractivity contribution in [2.45, 2.75) is 10.8 Å². The third kappa shape index (κ3) is 9.02. The first-order valence-electron chi connectivity index (χ1n) is 3.93. The molecular weight excluding hydrogens is 309 g/mol. The number of rotatable bonds is 8. The summed E-state index contributed by atoms with van der Waals surface area (Å²) in [5.74, 6) is 0.225. The zero-order valence-electron chi connectivity index (χ0n) is 7.61. The molecule has 0 radical (unpaired) electrons. The highest BCUT2D eigenvalue weighted by molar-refractivity contribution is 7.47. The minimum atomic E-state index is -4.11. The van der Waals surface area contributed by atoms with Gasteiger partial charge in [-0.1, -0.05) is 0 Å². The van der Waals surface area contributed by atoms with Gasteiger partial charge in [0.05, 0.1) is 24.0 Å². The normalized spacial score (nSPS) is 19.5. The third-order valence-corrected chi connectivity index (χ3v) is 3.74. The zero-order chi connectivity index (χ0) is 11.9. The smallest absolute Gasteiger partial charge is 0.302 e. The largest absolute Gasteiger partial charge is 0.472 e. The summed E-state index contributed by atoms with van der Waals surface area (Å²) < 4.78 is 20.3. The molecule has 0 saturated carbocycles. The molecule has 0 aliphatic rings. The molecule has 15 heavy (non-hydrogen) atoms. The van der Waals surface area contributed by atoms with E-state index in [-0.39, 0.29) is 25.0 Å². The summed E-state index contributed by atoms with van der Waals surface area (Å²) in [7, 11) is -4.11. The molecule has 0 spiro atoms. The van der Waals surface area contributed by atoms with E-state index in [1.165, 1.54) is 0 Å². The first kappa shape index (κ1) is 16.3. The van der Waals surface area contributed by atoms with E-state index in [0.29, 0.717) is 0 Å². The quantitative estimate of drug-likeness (QED) is 0.552. The molecule has 0 aromatic rings. The van der Waals surface area contributed by atoms with Crippen LogP contribution in [0.4, 0.5) is 0 Å². The molecule has 0 heterocycles. The average molecular weight is 320 g/mol. The van der Waals surface area contributed by atoms with Gasteiger partial charge in [-0.3, -0.25) is 9.05 Å². The summed E-state index contributed by atoms with van der Waals surface area (Å²) in [4.78, 5) is 9.11. The number of hydrogen-bond acceptors (Lipinski definition) is 3. The summed E-state index contributed by atoms with van der Waals surface area (Å²) in [5, 5.41) is -1.09. The Bertz CT molecular complexity index is 199. The molecule has 0 amide bonds. The second kappa shape index (κ2) is 8.37. The van der Waals surface area contributed by atoms with E-state index in [2.05, 4.69) is 9.05 Å². The van der Waals surface area contributed by atoms with Crippen LogP contribution in [0.3, 0.4) is 0 Å². The molecule has 0 bridgehead atoms. The van der Waals surface area contributed by atoms with E-state index < -0.39 is 18.6 Å². The second-order valence-electron chi connectivity index (χ2n) is 2.56. The van der Waals surface area contributed by atoms with Crippen LogP contribution in [0.5, 0.6) is 0 Å². The van der Waals surface area contributed by atoms with Crippen LogP contribution >= 0.6 is 54.2 Å². The van der Waals surface area contributed by atoms with Gasteiger partial charge in [-0.25, -0.2) is 4.57 Å². The Morgan fingerprint density at radius 1 is 1.07 bits per heavy atom. The lowest BCUT2D eigenvalue weighted by molar-refractivity contribution is 0.152. The van der Waals surface area contributed by atoms with Crippen molar-refractivity contribution in [1.82, 2.24) is 0 Å². The van der Waals surface area contributed by atoms with Crippen molar-refractivity contribution in [1.29, 1.82) is 0 Å². The number of alkyl halides is 4. The van der Waals surface area contributed by atoms with Crippen molar-refractivity contribution in [2.75, 3.05) is 25.0 Å². The van der Waals surface area contributed by atoms with E-state index in [9.17, 15) is 4.57 Å². The fraction of sp³-hybridized carbons (Fsp3) is 1.00. The molecule has 9 heteroatoms. The van der Waals surface area contributed by atoms with Crippen LogP contribution in [-0.4, -0.2) is 40.6 Å². The molecule has 0 aliphatic carbocycles. The third-order valence-electron chi connectivity index (χ3n) is 1.17. The molecule has 0 aromatic heterocycles. The van der Waals surface area contributed by atoms with Gasteiger partial charge in [-0.05, 0) is 0 Å². The zero-order valence-corrected chi connectivity index (χ0v) is 11.5. The molecule has 0 aromatic carbocycles. The minimum absolute atomic E-state index is 0.112. The summed E-state index contributed by atoms with van der Waals surface area (Å²) in [6.45, 7) is -0.348. The fourth-order valence-corrected chi connectivity index (χ4v) is 1.77. The highest BCUT2D eigenvalue weighted by atomic mass is 35.5. The van der Waals surface area contributed by atoms with Crippen molar-refractivity contribution < 1.29 is 18.5 Å². The molecular formula is C6H11Cl4O4P. The predicted octanol–water partition coefficient (Wildman–Crippen LogP) is 2.81. The van der Waals surface area contributed by atoms with Crippen LogP contribution in [0.2, 0.25) is 0 Å². The van der Waals surface area contributed by atoms with Crippen LogP contribution in [0.25, 0.3) is 0 Å². The van der Waals surface area contributed by atoms with Gasteiger partial charge < -0.3 is 4.89 Å². The second-order valence-corrected chi connectivity index (χ2v) is 5.87. The average Bonchev–Trinajstić information content (AvgIpc) is 2.22.